The van der Waals surface area contributed by atoms with Gasteiger partial charge < -0.3 is 15.4 Å². The van der Waals surface area contributed by atoms with Crippen LogP contribution in [0.5, 0.6) is 0 Å². The molecule has 1 rings (SSSR count). The van der Waals surface area contributed by atoms with Gasteiger partial charge in [0.15, 0.2) is 0 Å². The quantitative estimate of drug-likeness (QED) is 0.809. The smallest absolute Gasteiger partial charge is 0.407 e. The average Bonchev–Trinajstić information content (AvgIpc) is 2.29. The van der Waals surface area contributed by atoms with E-state index < -0.39 is 6.09 Å². The second-order valence-corrected chi connectivity index (χ2v) is 3.21. The fourth-order valence-corrected chi connectivity index (χ4v) is 1.13. The molecule has 2 N–H and O–H groups in total. The third-order valence-corrected chi connectivity index (χ3v) is 2.00. The van der Waals surface area contributed by atoms with Crippen molar-refractivity contribution in [2.45, 2.75) is 6.92 Å². The average molecular weight is 222 g/mol. The lowest BCUT2D eigenvalue weighted by Gasteiger charge is -2.08. The Hall–Kier alpha value is -2.04. The van der Waals surface area contributed by atoms with Crippen LogP contribution in [0.2, 0.25) is 0 Å². The molecular weight excluding hydrogens is 208 g/mol. The molecule has 0 aliphatic carbocycles. The molecule has 86 valence electrons. The van der Waals surface area contributed by atoms with Crippen LogP contribution in [-0.2, 0) is 9.53 Å². The molecule has 0 aliphatic heterocycles. The van der Waals surface area contributed by atoms with Gasteiger partial charge in [0.1, 0.15) is 6.54 Å². The van der Waals surface area contributed by atoms with Crippen LogP contribution in [0.4, 0.5) is 10.5 Å². The summed E-state index contributed by atoms with van der Waals surface area (Å²) in [6, 6.07) is 7.41. The van der Waals surface area contributed by atoms with E-state index in [4.69, 9.17) is 0 Å². The zero-order valence-electron chi connectivity index (χ0n) is 9.24. The molecule has 0 bridgehead atoms. The number of methoxy groups -OCH3 is 1. The van der Waals surface area contributed by atoms with E-state index in [1.165, 1.54) is 7.11 Å². The minimum absolute atomic E-state index is 0.110. The molecule has 5 nitrogen and oxygen atoms in total. The number of amides is 2. The zero-order valence-corrected chi connectivity index (χ0v) is 9.24. The van der Waals surface area contributed by atoms with E-state index in [1.54, 1.807) is 6.07 Å². The topological polar surface area (TPSA) is 67.4 Å². The van der Waals surface area contributed by atoms with Gasteiger partial charge in [0, 0.05) is 5.69 Å². The summed E-state index contributed by atoms with van der Waals surface area (Å²) in [4.78, 5) is 22.1. The van der Waals surface area contributed by atoms with Crippen molar-refractivity contribution in [3.8, 4) is 0 Å². The minimum atomic E-state index is -0.625. The van der Waals surface area contributed by atoms with Crippen molar-refractivity contribution in [1.29, 1.82) is 0 Å². The molecule has 5 heteroatoms. The van der Waals surface area contributed by atoms with Crippen LogP contribution in [0.1, 0.15) is 5.56 Å². The van der Waals surface area contributed by atoms with Crippen LogP contribution < -0.4 is 10.6 Å². The Labute approximate surface area is 93.8 Å². The van der Waals surface area contributed by atoms with Gasteiger partial charge in [0.2, 0.25) is 5.91 Å². The first-order chi connectivity index (χ1) is 7.63. The standard InChI is InChI=1S/C11H14N2O3/c1-8-5-3-4-6-9(8)13-10(14)7-12-11(15)16-2/h3-6H,7H2,1-2H3,(H,12,15)(H,13,14). The normalized spacial score (nSPS) is 9.38. The molecule has 16 heavy (non-hydrogen) atoms. The molecule has 1 aromatic rings. The number of hydrogen-bond acceptors (Lipinski definition) is 3. The van der Waals surface area contributed by atoms with Crippen molar-refractivity contribution >= 4 is 17.7 Å². The monoisotopic (exact) mass is 222 g/mol. The Balaban J connectivity index is 2.46. The van der Waals surface area contributed by atoms with Gasteiger partial charge in [0.25, 0.3) is 0 Å². The Morgan fingerprint density at radius 1 is 1.31 bits per heavy atom. The summed E-state index contributed by atoms with van der Waals surface area (Å²) in [5.41, 5.74) is 1.70. The van der Waals surface area contributed by atoms with Gasteiger partial charge >= 0.3 is 6.09 Å². The largest absolute Gasteiger partial charge is 0.453 e. The van der Waals surface area contributed by atoms with Crippen LogP contribution >= 0.6 is 0 Å². The predicted molar refractivity (Wildman–Crippen MR) is 60.2 cm³/mol. The molecule has 0 spiro atoms. The SMILES string of the molecule is COC(=O)NCC(=O)Nc1ccccc1C. The van der Waals surface area contributed by atoms with Crippen molar-refractivity contribution < 1.29 is 14.3 Å². The Morgan fingerprint density at radius 2 is 2.00 bits per heavy atom. The maximum atomic E-state index is 11.4. The van der Waals surface area contributed by atoms with Crippen LogP contribution in [0.15, 0.2) is 24.3 Å². The highest BCUT2D eigenvalue weighted by molar-refractivity contribution is 5.94. The molecule has 0 unspecified atom stereocenters. The van der Waals surface area contributed by atoms with Crippen LogP contribution in [-0.4, -0.2) is 25.7 Å². The fraction of sp³-hybridized carbons (Fsp3) is 0.273. The Bertz CT molecular complexity index is 391. The molecule has 0 aliphatic rings. The number of benzene rings is 1. The summed E-state index contributed by atoms with van der Waals surface area (Å²) in [5.74, 6) is -0.292. The molecule has 0 radical (unpaired) electrons. The van der Waals surface area contributed by atoms with E-state index in [9.17, 15) is 9.59 Å². The van der Waals surface area contributed by atoms with Crippen molar-refractivity contribution in [3.63, 3.8) is 0 Å². The van der Waals surface area contributed by atoms with Gasteiger partial charge in [-0.1, -0.05) is 18.2 Å². The minimum Gasteiger partial charge on any atom is -0.453 e. The first kappa shape index (κ1) is 12.0. The Morgan fingerprint density at radius 3 is 2.62 bits per heavy atom. The fourth-order valence-electron chi connectivity index (χ4n) is 1.13. The highest BCUT2D eigenvalue weighted by Gasteiger charge is 2.06. The van der Waals surface area contributed by atoms with Crippen molar-refractivity contribution in [1.82, 2.24) is 5.32 Å². The molecule has 0 heterocycles. The van der Waals surface area contributed by atoms with Crippen LogP contribution in [0.3, 0.4) is 0 Å². The number of hydrogen-bond donors (Lipinski definition) is 2. The number of para-hydroxylation sites is 1. The number of alkyl carbamates (subject to hydrolysis) is 1. The number of anilines is 1. The summed E-state index contributed by atoms with van der Waals surface area (Å²) < 4.78 is 4.34. The van der Waals surface area contributed by atoms with Gasteiger partial charge in [-0.25, -0.2) is 4.79 Å². The van der Waals surface area contributed by atoms with Gasteiger partial charge in [-0.05, 0) is 18.6 Å². The maximum absolute atomic E-state index is 11.4. The highest BCUT2D eigenvalue weighted by Crippen LogP contribution is 2.12. The summed E-state index contributed by atoms with van der Waals surface area (Å²) in [6.07, 6.45) is -0.625. The number of carbonyl (C=O) groups excluding carboxylic acids is 2. The molecule has 2 amide bonds. The van der Waals surface area contributed by atoms with Gasteiger partial charge in [-0.2, -0.15) is 0 Å². The second-order valence-electron chi connectivity index (χ2n) is 3.21. The maximum Gasteiger partial charge on any atom is 0.407 e. The lowest BCUT2D eigenvalue weighted by Crippen LogP contribution is -2.32. The molecule has 0 atom stereocenters. The first-order valence-corrected chi connectivity index (χ1v) is 4.81. The lowest BCUT2D eigenvalue weighted by molar-refractivity contribution is -0.115. The summed E-state index contributed by atoms with van der Waals surface area (Å²) in [6.45, 7) is 1.78. The van der Waals surface area contributed by atoms with Crippen molar-refractivity contribution in [3.05, 3.63) is 29.8 Å². The number of carbonyl (C=O) groups is 2. The van der Waals surface area contributed by atoms with E-state index >= 15 is 0 Å². The van der Waals surface area contributed by atoms with E-state index in [-0.39, 0.29) is 12.5 Å². The molecule has 1 aromatic carbocycles. The number of aryl methyl sites for hydroxylation is 1. The molecule has 0 fully saturated rings. The lowest BCUT2D eigenvalue weighted by atomic mass is 10.2. The number of rotatable bonds is 3. The van der Waals surface area contributed by atoms with E-state index in [1.807, 2.05) is 25.1 Å². The molecular formula is C11H14N2O3. The molecule has 0 saturated carbocycles. The number of ether oxygens (including phenoxy) is 1. The van der Waals surface area contributed by atoms with Gasteiger partial charge in [-0.15, -0.1) is 0 Å². The van der Waals surface area contributed by atoms with E-state index in [2.05, 4.69) is 15.4 Å². The first-order valence-electron chi connectivity index (χ1n) is 4.81. The zero-order chi connectivity index (χ0) is 12.0. The van der Waals surface area contributed by atoms with E-state index in [0.717, 1.165) is 11.3 Å². The second kappa shape index (κ2) is 5.75. The van der Waals surface area contributed by atoms with E-state index in [0.29, 0.717) is 0 Å². The predicted octanol–water partition coefficient (Wildman–Crippen LogP) is 1.29. The van der Waals surface area contributed by atoms with Gasteiger partial charge in [0.05, 0.1) is 7.11 Å². The summed E-state index contributed by atoms with van der Waals surface area (Å²) in [5, 5.41) is 4.98. The summed E-state index contributed by atoms with van der Waals surface area (Å²) in [7, 11) is 1.24. The molecule has 0 saturated heterocycles. The van der Waals surface area contributed by atoms with Crippen LogP contribution in [0.25, 0.3) is 0 Å². The third-order valence-electron chi connectivity index (χ3n) is 2.00. The van der Waals surface area contributed by atoms with Crippen molar-refractivity contribution in [2.24, 2.45) is 0 Å². The number of nitrogens with one attached hydrogen (secondary N) is 2. The third kappa shape index (κ3) is 3.61. The van der Waals surface area contributed by atoms with Gasteiger partial charge in [-0.3, -0.25) is 4.79 Å². The van der Waals surface area contributed by atoms with Crippen molar-refractivity contribution in [2.75, 3.05) is 19.0 Å². The van der Waals surface area contributed by atoms with Crippen LogP contribution in [0, 0.1) is 6.92 Å². The summed E-state index contributed by atoms with van der Waals surface area (Å²) >= 11 is 0. The highest BCUT2D eigenvalue weighted by atomic mass is 16.5. The molecule has 0 aromatic heterocycles. The Kier molecular flexibility index (Phi) is 4.32.